The number of benzene rings is 2. The molecule has 0 saturated heterocycles. The molecule has 1 saturated carbocycles. The van der Waals surface area contributed by atoms with Crippen molar-refractivity contribution in [1.82, 2.24) is 0 Å². The summed E-state index contributed by atoms with van der Waals surface area (Å²) in [5.74, 6) is -0.358. The number of esters is 1. The zero-order chi connectivity index (χ0) is 22.6. The zero-order valence-corrected chi connectivity index (χ0v) is 18.0. The minimum Gasteiger partial charge on any atom is -0.490 e. The van der Waals surface area contributed by atoms with Crippen LogP contribution in [-0.4, -0.2) is 43.1 Å². The lowest BCUT2D eigenvalue weighted by molar-refractivity contribution is -0.150. The van der Waals surface area contributed by atoms with E-state index in [0.29, 0.717) is 42.3 Å². The maximum Gasteiger partial charge on any atom is 0.344 e. The molecule has 168 valence electrons. The maximum atomic E-state index is 13.2. The van der Waals surface area contributed by atoms with Gasteiger partial charge in [-0.1, -0.05) is 37.1 Å². The van der Waals surface area contributed by atoms with E-state index in [4.69, 9.17) is 14.2 Å². The van der Waals surface area contributed by atoms with E-state index in [1.165, 1.54) is 4.90 Å². The van der Waals surface area contributed by atoms with Crippen molar-refractivity contribution in [2.45, 2.75) is 38.1 Å². The lowest BCUT2D eigenvalue weighted by Crippen LogP contribution is -2.61. The summed E-state index contributed by atoms with van der Waals surface area (Å²) in [6, 6.07) is 14.2. The van der Waals surface area contributed by atoms with Crippen LogP contribution in [0.15, 0.2) is 48.5 Å². The SMILES string of the molecule is CCOc1ccccc1OCC(=O)OCC(=O)N1c2ccccc2NC(=O)C12CCCC2. The smallest absolute Gasteiger partial charge is 0.344 e. The Morgan fingerprint density at radius 3 is 2.34 bits per heavy atom. The first-order valence-corrected chi connectivity index (χ1v) is 10.8. The minimum atomic E-state index is -0.940. The summed E-state index contributed by atoms with van der Waals surface area (Å²) in [5.41, 5.74) is 0.257. The Bertz CT molecular complexity index is 1020. The van der Waals surface area contributed by atoms with Gasteiger partial charge >= 0.3 is 5.97 Å². The highest BCUT2D eigenvalue weighted by Crippen LogP contribution is 2.45. The number of nitrogens with zero attached hydrogens (tertiary/aromatic N) is 1. The Morgan fingerprint density at radius 1 is 0.969 bits per heavy atom. The van der Waals surface area contributed by atoms with Crippen molar-refractivity contribution in [3.8, 4) is 11.5 Å². The third-order valence-electron chi connectivity index (χ3n) is 5.78. The van der Waals surface area contributed by atoms with Crippen LogP contribution in [0.1, 0.15) is 32.6 Å². The van der Waals surface area contributed by atoms with Crippen molar-refractivity contribution in [1.29, 1.82) is 0 Å². The Labute approximate surface area is 186 Å². The average molecular weight is 438 g/mol. The third-order valence-corrected chi connectivity index (χ3v) is 5.78. The van der Waals surface area contributed by atoms with Gasteiger partial charge in [0, 0.05) is 0 Å². The standard InChI is InChI=1S/C24H26N2O6/c1-2-30-19-11-5-6-12-20(19)31-16-22(28)32-15-21(27)26-18-10-4-3-9-17(18)25-23(29)24(26)13-7-8-14-24/h3-6,9-12H,2,7-8,13-16H2,1H3,(H,25,29). The van der Waals surface area contributed by atoms with Gasteiger partial charge in [0.25, 0.3) is 11.8 Å². The number of hydrogen-bond acceptors (Lipinski definition) is 6. The molecular formula is C24H26N2O6. The third kappa shape index (κ3) is 4.12. The van der Waals surface area contributed by atoms with Gasteiger partial charge in [0.2, 0.25) is 0 Å². The van der Waals surface area contributed by atoms with E-state index in [1.807, 2.05) is 13.0 Å². The van der Waals surface area contributed by atoms with Gasteiger partial charge < -0.3 is 19.5 Å². The largest absolute Gasteiger partial charge is 0.490 e. The number of amides is 2. The van der Waals surface area contributed by atoms with Crippen molar-refractivity contribution >= 4 is 29.2 Å². The highest BCUT2D eigenvalue weighted by Gasteiger charge is 2.52. The van der Waals surface area contributed by atoms with E-state index in [2.05, 4.69) is 5.32 Å². The van der Waals surface area contributed by atoms with Crippen molar-refractivity contribution < 1.29 is 28.6 Å². The molecular weight excluding hydrogens is 412 g/mol. The first kappa shape index (κ1) is 21.7. The summed E-state index contributed by atoms with van der Waals surface area (Å²) in [5, 5.41) is 2.92. The fourth-order valence-corrected chi connectivity index (χ4v) is 4.36. The highest BCUT2D eigenvalue weighted by atomic mass is 16.6. The van der Waals surface area contributed by atoms with Crippen molar-refractivity contribution in [3.05, 3.63) is 48.5 Å². The Morgan fingerprint density at radius 2 is 1.62 bits per heavy atom. The quantitative estimate of drug-likeness (QED) is 0.667. The molecule has 1 aliphatic carbocycles. The number of ether oxygens (including phenoxy) is 3. The summed E-state index contributed by atoms with van der Waals surface area (Å²) < 4.78 is 16.2. The molecule has 8 heteroatoms. The molecule has 0 atom stereocenters. The van der Waals surface area contributed by atoms with E-state index in [1.54, 1.807) is 42.5 Å². The van der Waals surface area contributed by atoms with E-state index in [0.717, 1.165) is 12.8 Å². The molecule has 2 aliphatic rings. The van der Waals surface area contributed by atoms with Crippen LogP contribution in [-0.2, 0) is 19.1 Å². The average Bonchev–Trinajstić information content (AvgIpc) is 3.28. The maximum absolute atomic E-state index is 13.2. The molecule has 0 radical (unpaired) electrons. The normalized spacial score (nSPS) is 16.3. The van der Waals surface area contributed by atoms with Gasteiger partial charge in [0.05, 0.1) is 18.0 Å². The molecule has 0 bridgehead atoms. The number of nitrogens with one attached hydrogen (secondary N) is 1. The molecule has 2 amide bonds. The van der Waals surface area contributed by atoms with E-state index < -0.39 is 24.0 Å². The molecule has 2 aromatic carbocycles. The molecule has 1 aliphatic heterocycles. The summed E-state index contributed by atoms with van der Waals surface area (Å²) in [6.07, 6.45) is 2.85. The molecule has 32 heavy (non-hydrogen) atoms. The molecule has 1 N–H and O–H groups in total. The first-order valence-electron chi connectivity index (χ1n) is 10.8. The Balaban J connectivity index is 1.43. The fourth-order valence-electron chi connectivity index (χ4n) is 4.36. The molecule has 8 nitrogen and oxygen atoms in total. The van der Waals surface area contributed by atoms with Crippen LogP contribution in [0, 0.1) is 0 Å². The molecule has 0 aromatic heterocycles. The lowest BCUT2D eigenvalue weighted by Gasteiger charge is -2.44. The topological polar surface area (TPSA) is 94.2 Å². The monoisotopic (exact) mass is 438 g/mol. The van der Waals surface area contributed by atoms with Crippen molar-refractivity contribution in [2.75, 3.05) is 30.0 Å². The van der Waals surface area contributed by atoms with Crippen LogP contribution < -0.4 is 19.7 Å². The number of carbonyl (C=O) groups excluding carboxylic acids is 3. The number of rotatable bonds is 7. The summed E-state index contributed by atoms with van der Waals surface area (Å²) in [7, 11) is 0. The van der Waals surface area contributed by atoms with Gasteiger partial charge in [-0.3, -0.25) is 14.5 Å². The summed E-state index contributed by atoms with van der Waals surface area (Å²) in [6.45, 7) is 1.48. The summed E-state index contributed by atoms with van der Waals surface area (Å²) >= 11 is 0. The van der Waals surface area contributed by atoms with Gasteiger partial charge in [0.15, 0.2) is 24.7 Å². The first-order chi connectivity index (χ1) is 15.5. The van der Waals surface area contributed by atoms with Gasteiger partial charge in [-0.25, -0.2) is 4.79 Å². The van der Waals surface area contributed by atoms with Crippen molar-refractivity contribution in [2.24, 2.45) is 0 Å². The second-order valence-electron chi connectivity index (χ2n) is 7.77. The van der Waals surface area contributed by atoms with Gasteiger partial charge in [-0.15, -0.1) is 0 Å². The van der Waals surface area contributed by atoms with Crippen LogP contribution in [0.4, 0.5) is 11.4 Å². The highest BCUT2D eigenvalue weighted by molar-refractivity contribution is 6.15. The van der Waals surface area contributed by atoms with Crippen LogP contribution in [0.5, 0.6) is 11.5 Å². The molecule has 1 fully saturated rings. The van der Waals surface area contributed by atoms with Crippen LogP contribution >= 0.6 is 0 Å². The minimum absolute atomic E-state index is 0.191. The van der Waals surface area contributed by atoms with Gasteiger partial charge in [0.1, 0.15) is 5.54 Å². The predicted octanol–water partition coefficient (Wildman–Crippen LogP) is 3.31. The van der Waals surface area contributed by atoms with Crippen LogP contribution in [0.3, 0.4) is 0 Å². The number of anilines is 2. The van der Waals surface area contributed by atoms with E-state index in [-0.39, 0.29) is 12.5 Å². The van der Waals surface area contributed by atoms with E-state index >= 15 is 0 Å². The lowest BCUT2D eigenvalue weighted by atomic mass is 9.90. The summed E-state index contributed by atoms with van der Waals surface area (Å²) in [4.78, 5) is 39.9. The number of hydrogen-bond donors (Lipinski definition) is 1. The fraction of sp³-hybridized carbons (Fsp3) is 0.375. The molecule has 1 spiro atoms. The molecule has 1 heterocycles. The number of carbonyl (C=O) groups is 3. The predicted molar refractivity (Wildman–Crippen MR) is 118 cm³/mol. The van der Waals surface area contributed by atoms with Gasteiger partial charge in [-0.05, 0) is 44.0 Å². The second kappa shape index (κ2) is 9.30. The Kier molecular flexibility index (Phi) is 6.30. The zero-order valence-electron chi connectivity index (χ0n) is 18.0. The van der Waals surface area contributed by atoms with Gasteiger partial charge in [-0.2, -0.15) is 0 Å². The molecule has 4 rings (SSSR count). The number of para-hydroxylation sites is 4. The van der Waals surface area contributed by atoms with E-state index in [9.17, 15) is 14.4 Å². The molecule has 2 aromatic rings. The second-order valence-corrected chi connectivity index (χ2v) is 7.77. The van der Waals surface area contributed by atoms with Crippen LogP contribution in [0.2, 0.25) is 0 Å². The van der Waals surface area contributed by atoms with Crippen molar-refractivity contribution in [3.63, 3.8) is 0 Å². The number of fused-ring (bicyclic) bond motifs is 1. The molecule has 0 unspecified atom stereocenters. The Hall–Kier alpha value is -3.55. The van der Waals surface area contributed by atoms with Crippen LogP contribution in [0.25, 0.3) is 0 Å².